The molecule has 0 saturated heterocycles. The zero-order valence-electron chi connectivity index (χ0n) is 15.0. The summed E-state index contributed by atoms with van der Waals surface area (Å²) in [6.45, 7) is 0. The standard InChI is InChI=1S/C18H20N6O3/c1-24-11-12(10-19-24)3-8-17(25)22-23-18(26)16-9-15(20-21-16)13-4-6-14(27-2)7-5-13/h4-7,9-11H,3,8H2,1-2H3,(H,20,21)(H,22,25)(H,23,26). The summed E-state index contributed by atoms with van der Waals surface area (Å²) in [5, 5.41) is 10.8. The molecule has 0 aliphatic rings. The van der Waals surface area contributed by atoms with Gasteiger partial charge in [0.05, 0.1) is 19.0 Å². The van der Waals surface area contributed by atoms with Gasteiger partial charge in [0.15, 0.2) is 0 Å². The Balaban J connectivity index is 1.50. The number of hydrazine groups is 1. The number of hydrogen-bond donors (Lipinski definition) is 3. The van der Waals surface area contributed by atoms with Gasteiger partial charge in [0, 0.05) is 25.2 Å². The van der Waals surface area contributed by atoms with Gasteiger partial charge in [-0.05, 0) is 42.3 Å². The number of aromatic nitrogens is 4. The maximum absolute atomic E-state index is 12.1. The molecule has 0 atom stereocenters. The van der Waals surface area contributed by atoms with Crippen LogP contribution in [0, 0.1) is 0 Å². The van der Waals surface area contributed by atoms with Crippen LogP contribution in [0.5, 0.6) is 5.75 Å². The van der Waals surface area contributed by atoms with Gasteiger partial charge in [0.1, 0.15) is 11.4 Å². The quantitative estimate of drug-likeness (QED) is 0.566. The first kappa shape index (κ1) is 18.2. The van der Waals surface area contributed by atoms with Crippen molar-refractivity contribution in [1.29, 1.82) is 0 Å². The molecule has 3 N–H and O–H groups in total. The van der Waals surface area contributed by atoms with Crippen molar-refractivity contribution >= 4 is 11.8 Å². The zero-order valence-corrected chi connectivity index (χ0v) is 15.0. The summed E-state index contributed by atoms with van der Waals surface area (Å²) in [7, 11) is 3.41. The molecule has 0 radical (unpaired) electrons. The third-order valence-electron chi connectivity index (χ3n) is 3.92. The molecule has 9 nitrogen and oxygen atoms in total. The molecule has 0 unspecified atom stereocenters. The van der Waals surface area contributed by atoms with Gasteiger partial charge < -0.3 is 4.74 Å². The number of H-pyrrole nitrogens is 1. The molecular weight excluding hydrogens is 348 g/mol. The highest BCUT2D eigenvalue weighted by Crippen LogP contribution is 2.21. The maximum atomic E-state index is 12.1. The van der Waals surface area contributed by atoms with Gasteiger partial charge >= 0.3 is 0 Å². The average molecular weight is 368 g/mol. The molecule has 27 heavy (non-hydrogen) atoms. The molecule has 140 valence electrons. The molecule has 0 aliphatic heterocycles. The molecule has 0 saturated carbocycles. The monoisotopic (exact) mass is 368 g/mol. The first-order valence-electron chi connectivity index (χ1n) is 8.31. The summed E-state index contributed by atoms with van der Waals surface area (Å²) >= 11 is 0. The molecule has 0 spiro atoms. The molecule has 9 heteroatoms. The SMILES string of the molecule is COc1ccc(-c2cc(C(=O)NNC(=O)CCc3cnn(C)c3)[nH]n2)cc1. The highest BCUT2D eigenvalue weighted by atomic mass is 16.5. The van der Waals surface area contributed by atoms with E-state index in [0.29, 0.717) is 12.1 Å². The lowest BCUT2D eigenvalue weighted by molar-refractivity contribution is -0.121. The number of methoxy groups -OCH3 is 1. The number of benzene rings is 1. The van der Waals surface area contributed by atoms with Crippen LogP contribution in [0.2, 0.25) is 0 Å². The fourth-order valence-electron chi connectivity index (χ4n) is 2.46. The average Bonchev–Trinajstić information content (AvgIpc) is 3.34. The summed E-state index contributed by atoms with van der Waals surface area (Å²) in [5.41, 5.74) is 7.42. The Morgan fingerprint density at radius 1 is 1.22 bits per heavy atom. The lowest BCUT2D eigenvalue weighted by atomic mass is 10.1. The first-order chi connectivity index (χ1) is 13.0. The fraction of sp³-hybridized carbons (Fsp3) is 0.222. The Bertz CT molecular complexity index is 929. The normalized spacial score (nSPS) is 10.4. The van der Waals surface area contributed by atoms with Gasteiger partial charge in [0.25, 0.3) is 5.91 Å². The van der Waals surface area contributed by atoms with Gasteiger partial charge in [-0.1, -0.05) is 0 Å². The van der Waals surface area contributed by atoms with Crippen molar-refractivity contribution in [2.24, 2.45) is 7.05 Å². The van der Waals surface area contributed by atoms with Gasteiger partial charge in [-0.25, -0.2) is 0 Å². The topological polar surface area (TPSA) is 114 Å². The van der Waals surface area contributed by atoms with Gasteiger partial charge in [-0.2, -0.15) is 10.2 Å². The van der Waals surface area contributed by atoms with Crippen molar-refractivity contribution < 1.29 is 14.3 Å². The van der Waals surface area contributed by atoms with Crippen LogP contribution >= 0.6 is 0 Å². The number of carbonyl (C=O) groups is 2. The second kappa shape index (κ2) is 8.17. The summed E-state index contributed by atoms with van der Waals surface area (Å²) in [6.07, 6.45) is 4.33. The minimum atomic E-state index is -0.475. The van der Waals surface area contributed by atoms with Crippen LogP contribution in [0.1, 0.15) is 22.5 Å². The number of carbonyl (C=O) groups excluding carboxylic acids is 2. The number of aromatic amines is 1. The van der Waals surface area contributed by atoms with E-state index in [1.54, 1.807) is 24.1 Å². The molecule has 1 aromatic carbocycles. The Hall–Kier alpha value is -3.62. The van der Waals surface area contributed by atoms with Crippen molar-refractivity contribution in [3.05, 3.63) is 54.0 Å². The third kappa shape index (κ3) is 4.72. The third-order valence-corrected chi connectivity index (χ3v) is 3.92. The lowest BCUT2D eigenvalue weighted by Gasteiger charge is -2.05. The van der Waals surface area contributed by atoms with E-state index in [9.17, 15) is 9.59 Å². The van der Waals surface area contributed by atoms with Crippen LogP contribution in [0.4, 0.5) is 0 Å². The molecule has 0 fully saturated rings. The number of aryl methyl sites for hydroxylation is 2. The van der Waals surface area contributed by atoms with Crippen molar-refractivity contribution in [2.75, 3.05) is 7.11 Å². The van der Waals surface area contributed by atoms with E-state index >= 15 is 0 Å². The van der Waals surface area contributed by atoms with Crippen LogP contribution in [0.3, 0.4) is 0 Å². The maximum Gasteiger partial charge on any atom is 0.287 e. The highest BCUT2D eigenvalue weighted by molar-refractivity contribution is 5.94. The zero-order chi connectivity index (χ0) is 19.2. The second-order valence-corrected chi connectivity index (χ2v) is 5.92. The molecule has 2 amide bonds. The fourth-order valence-corrected chi connectivity index (χ4v) is 2.46. The summed E-state index contributed by atoms with van der Waals surface area (Å²) < 4.78 is 6.79. The van der Waals surface area contributed by atoms with E-state index in [2.05, 4.69) is 26.1 Å². The summed E-state index contributed by atoms with van der Waals surface area (Å²) in [4.78, 5) is 24.0. The van der Waals surface area contributed by atoms with Gasteiger partial charge in [-0.15, -0.1) is 0 Å². The first-order valence-corrected chi connectivity index (χ1v) is 8.31. The highest BCUT2D eigenvalue weighted by Gasteiger charge is 2.12. The number of ether oxygens (including phenoxy) is 1. The Morgan fingerprint density at radius 3 is 2.67 bits per heavy atom. The Labute approximate surface area is 155 Å². The minimum Gasteiger partial charge on any atom is -0.497 e. The van der Waals surface area contributed by atoms with E-state index in [1.165, 1.54) is 0 Å². The molecule has 0 bridgehead atoms. The van der Waals surface area contributed by atoms with E-state index in [-0.39, 0.29) is 18.0 Å². The van der Waals surface area contributed by atoms with E-state index < -0.39 is 5.91 Å². The van der Waals surface area contributed by atoms with E-state index in [4.69, 9.17) is 4.74 Å². The molecule has 2 aromatic heterocycles. The predicted molar refractivity (Wildman–Crippen MR) is 97.7 cm³/mol. The van der Waals surface area contributed by atoms with Gasteiger partial charge in [0.2, 0.25) is 5.91 Å². The molecule has 2 heterocycles. The minimum absolute atomic E-state index is 0.242. The van der Waals surface area contributed by atoms with Crippen LogP contribution in [-0.2, 0) is 18.3 Å². The summed E-state index contributed by atoms with van der Waals surface area (Å²) in [5.74, 6) is -0.0275. The van der Waals surface area contributed by atoms with Crippen molar-refractivity contribution in [1.82, 2.24) is 30.8 Å². The van der Waals surface area contributed by atoms with Crippen molar-refractivity contribution in [3.63, 3.8) is 0 Å². The smallest absolute Gasteiger partial charge is 0.287 e. The number of rotatable bonds is 6. The van der Waals surface area contributed by atoms with Crippen molar-refractivity contribution in [2.45, 2.75) is 12.8 Å². The molecule has 0 aliphatic carbocycles. The number of hydrogen-bond acceptors (Lipinski definition) is 5. The molecule has 3 rings (SSSR count). The predicted octanol–water partition coefficient (Wildman–Crippen LogP) is 1.21. The number of nitrogens with one attached hydrogen (secondary N) is 3. The van der Waals surface area contributed by atoms with Gasteiger partial charge in [-0.3, -0.25) is 30.2 Å². The lowest BCUT2D eigenvalue weighted by Crippen LogP contribution is -2.41. The van der Waals surface area contributed by atoms with E-state index in [0.717, 1.165) is 16.9 Å². The van der Waals surface area contributed by atoms with Crippen LogP contribution < -0.4 is 15.6 Å². The molecule has 3 aromatic rings. The van der Waals surface area contributed by atoms with Crippen LogP contribution in [0.15, 0.2) is 42.7 Å². The Kier molecular flexibility index (Phi) is 5.50. The van der Waals surface area contributed by atoms with E-state index in [1.807, 2.05) is 37.5 Å². The Morgan fingerprint density at radius 2 is 2.00 bits per heavy atom. The number of amides is 2. The van der Waals surface area contributed by atoms with Crippen LogP contribution in [-0.4, -0.2) is 38.9 Å². The largest absolute Gasteiger partial charge is 0.497 e. The second-order valence-electron chi connectivity index (χ2n) is 5.92. The van der Waals surface area contributed by atoms with Crippen molar-refractivity contribution in [3.8, 4) is 17.0 Å². The number of nitrogens with zero attached hydrogens (tertiary/aromatic N) is 3. The molecular formula is C18H20N6O3. The van der Waals surface area contributed by atoms with Crippen LogP contribution in [0.25, 0.3) is 11.3 Å². The summed E-state index contributed by atoms with van der Waals surface area (Å²) in [6, 6.07) is 8.92.